The number of carbonyl (C=O) groups excluding carboxylic acids is 4. The first-order valence-electron chi connectivity index (χ1n) is 11.5. The SMILES string of the molecule is C.CCOC(=O)/C=C/CC[C@H](NC(C)=O)C(=O)Cc1cccn(CC(=O)CCC(C)CC)c1=O. The summed E-state index contributed by atoms with van der Waals surface area (Å²) in [6.45, 7) is 7.43. The van der Waals surface area contributed by atoms with Crippen LogP contribution in [-0.2, 0) is 36.9 Å². The van der Waals surface area contributed by atoms with Gasteiger partial charge in [-0.2, -0.15) is 0 Å². The average Bonchev–Trinajstić information content (AvgIpc) is 2.76. The molecule has 0 bridgehead atoms. The summed E-state index contributed by atoms with van der Waals surface area (Å²) in [6.07, 6.45) is 7.10. The van der Waals surface area contributed by atoms with Gasteiger partial charge in [0.1, 0.15) is 0 Å². The molecule has 0 aromatic carbocycles. The predicted molar refractivity (Wildman–Crippen MR) is 132 cm³/mol. The van der Waals surface area contributed by atoms with E-state index in [1.54, 1.807) is 31.3 Å². The zero-order chi connectivity index (χ0) is 24.8. The lowest BCUT2D eigenvalue weighted by Gasteiger charge is -2.16. The van der Waals surface area contributed by atoms with E-state index in [0.29, 0.717) is 18.8 Å². The van der Waals surface area contributed by atoms with Gasteiger partial charge in [0.2, 0.25) is 5.91 Å². The molecule has 190 valence electrons. The third kappa shape index (κ3) is 11.7. The molecule has 0 aliphatic carbocycles. The molecule has 0 aliphatic heterocycles. The number of carbonyl (C=O) groups is 4. The van der Waals surface area contributed by atoms with Crippen molar-refractivity contribution in [2.75, 3.05) is 6.61 Å². The molecule has 2 atom stereocenters. The van der Waals surface area contributed by atoms with Crippen LogP contribution in [0.3, 0.4) is 0 Å². The highest BCUT2D eigenvalue weighted by Crippen LogP contribution is 2.10. The fourth-order valence-electron chi connectivity index (χ4n) is 3.23. The maximum Gasteiger partial charge on any atom is 0.330 e. The molecule has 8 nitrogen and oxygen atoms in total. The van der Waals surface area contributed by atoms with Crippen molar-refractivity contribution in [3.05, 3.63) is 46.4 Å². The molecule has 0 fully saturated rings. The van der Waals surface area contributed by atoms with Gasteiger partial charge in [-0.05, 0) is 38.2 Å². The van der Waals surface area contributed by atoms with Crippen molar-refractivity contribution < 1.29 is 23.9 Å². The largest absolute Gasteiger partial charge is 0.463 e. The highest BCUT2D eigenvalue weighted by Gasteiger charge is 2.21. The molecule has 1 unspecified atom stereocenters. The molecule has 1 aromatic heterocycles. The van der Waals surface area contributed by atoms with Crippen molar-refractivity contribution in [2.24, 2.45) is 5.92 Å². The highest BCUT2D eigenvalue weighted by atomic mass is 16.5. The van der Waals surface area contributed by atoms with Gasteiger partial charge in [-0.15, -0.1) is 0 Å². The quantitative estimate of drug-likeness (QED) is 0.307. The molecule has 0 spiro atoms. The average molecular weight is 477 g/mol. The van der Waals surface area contributed by atoms with E-state index in [-0.39, 0.29) is 62.0 Å². The molecule has 0 saturated heterocycles. The lowest BCUT2D eigenvalue weighted by Crippen LogP contribution is -2.41. The molecule has 0 saturated carbocycles. The van der Waals surface area contributed by atoms with E-state index in [4.69, 9.17) is 4.74 Å². The smallest absolute Gasteiger partial charge is 0.330 e. The number of pyridine rings is 1. The number of allylic oxidation sites excluding steroid dienone is 1. The van der Waals surface area contributed by atoms with Crippen LogP contribution in [0, 0.1) is 5.92 Å². The second kappa shape index (κ2) is 16.6. The molecule has 8 heteroatoms. The van der Waals surface area contributed by atoms with Crippen LogP contribution < -0.4 is 10.9 Å². The Morgan fingerprint density at radius 1 is 1.18 bits per heavy atom. The summed E-state index contributed by atoms with van der Waals surface area (Å²) in [5.74, 6) is -0.714. The Morgan fingerprint density at radius 3 is 2.50 bits per heavy atom. The zero-order valence-electron chi connectivity index (χ0n) is 20.1. The van der Waals surface area contributed by atoms with E-state index in [1.165, 1.54) is 17.6 Å². The van der Waals surface area contributed by atoms with E-state index < -0.39 is 12.0 Å². The number of rotatable bonds is 15. The van der Waals surface area contributed by atoms with Crippen LogP contribution >= 0.6 is 0 Å². The first kappa shape index (κ1) is 31.0. The minimum absolute atomic E-state index is 0. The standard InChI is InChI=1S/C25H36N2O6.CH4/c1-5-18(3)13-14-21(29)17-27-15-9-10-20(25(27)32)16-23(30)22(26-19(4)28)11-7-8-12-24(31)33-6-2;/h8-10,12,15,18,22H,5-7,11,13-14,16-17H2,1-4H3,(H,26,28);1H4/b12-8+;/t18?,22-;/m0./s1. The van der Waals surface area contributed by atoms with Crippen LogP contribution in [0.4, 0.5) is 0 Å². The number of ketones is 2. The van der Waals surface area contributed by atoms with Crippen LogP contribution in [0.5, 0.6) is 0 Å². The molecule has 0 aliphatic rings. The zero-order valence-corrected chi connectivity index (χ0v) is 20.1. The van der Waals surface area contributed by atoms with Crippen LogP contribution in [-0.4, -0.2) is 40.7 Å². The monoisotopic (exact) mass is 476 g/mol. The minimum atomic E-state index is -0.792. The summed E-state index contributed by atoms with van der Waals surface area (Å²) < 4.78 is 6.13. The van der Waals surface area contributed by atoms with Gasteiger partial charge in [-0.25, -0.2) is 4.79 Å². The molecular weight excluding hydrogens is 436 g/mol. The van der Waals surface area contributed by atoms with Crippen molar-refractivity contribution in [1.82, 2.24) is 9.88 Å². The van der Waals surface area contributed by atoms with E-state index in [9.17, 15) is 24.0 Å². The second-order valence-corrected chi connectivity index (χ2v) is 8.19. The summed E-state index contributed by atoms with van der Waals surface area (Å²) in [4.78, 5) is 60.8. The number of esters is 1. The number of hydrogen-bond acceptors (Lipinski definition) is 6. The van der Waals surface area contributed by atoms with Gasteiger partial charge in [-0.1, -0.05) is 39.8 Å². The van der Waals surface area contributed by atoms with Crippen LogP contribution in [0.1, 0.15) is 72.8 Å². The van der Waals surface area contributed by atoms with Gasteiger partial charge in [-0.3, -0.25) is 19.2 Å². The number of Topliss-reactive ketones (excluding diaryl/α,β-unsaturated/α-hetero) is 2. The topological polar surface area (TPSA) is 112 Å². The van der Waals surface area contributed by atoms with Gasteiger partial charge in [0, 0.05) is 37.6 Å². The van der Waals surface area contributed by atoms with Gasteiger partial charge >= 0.3 is 5.97 Å². The number of aromatic nitrogens is 1. The molecule has 34 heavy (non-hydrogen) atoms. The Morgan fingerprint density at radius 2 is 1.88 bits per heavy atom. The summed E-state index contributed by atoms with van der Waals surface area (Å²) >= 11 is 0. The van der Waals surface area contributed by atoms with Crippen molar-refractivity contribution in [3.8, 4) is 0 Å². The van der Waals surface area contributed by atoms with E-state index >= 15 is 0 Å². The molecule has 0 radical (unpaired) electrons. The normalized spacial score (nSPS) is 12.5. The Bertz CT molecular complexity index is 903. The highest BCUT2D eigenvalue weighted by molar-refractivity contribution is 5.90. The molecule has 1 amide bonds. The Labute approximate surface area is 202 Å². The Hall–Kier alpha value is -3.03. The van der Waals surface area contributed by atoms with Crippen molar-refractivity contribution in [1.29, 1.82) is 0 Å². The van der Waals surface area contributed by atoms with Gasteiger partial charge < -0.3 is 14.6 Å². The molecule has 1 rings (SSSR count). The van der Waals surface area contributed by atoms with Gasteiger partial charge in [0.25, 0.3) is 5.56 Å². The molecular formula is C26H40N2O6. The number of nitrogens with one attached hydrogen (secondary N) is 1. The van der Waals surface area contributed by atoms with Gasteiger partial charge in [0.15, 0.2) is 11.6 Å². The Balaban J connectivity index is 0.0000109. The summed E-state index contributed by atoms with van der Waals surface area (Å²) in [7, 11) is 0. The van der Waals surface area contributed by atoms with Crippen LogP contribution in [0.25, 0.3) is 0 Å². The van der Waals surface area contributed by atoms with E-state index in [2.05, 4.69) is 19.2 Å². The molecule has 1 aromatic rings. The minimum Gasteiger partial charge on any atom is -0.463 e. The van der Waals surface area contributed by atoms with Crippen molar-refractivity contribution in [2.45, 2.75) is 86.2 Å². The van der Waals surface area contributed by atoms with Crippen molar-refractivity contribution >= 4 is 23.4 Å². The van der Waals surface area contributed by atoms with Crippen LogP contribution in [0.15, 0.2) is 35.3 Å². The maximum atomic E-state index is 12.8. The van der Waals surface area contributed by atoms with Crippen LogP contribution in [0.2, 0.25) is 0 Å². The third-order valence-electron chi connectivity index (χ3n) is 5.35. The number of hydrogen-bond donors (Lipinski definition) is 1. The maximum absolute atomic E-state index is 12.8. The third-order valence-corrected chi connectivity index (χ3v) is 5.35. The summed E-state index contributed by atoms with van der Waals surface area (Å²) in [5.41, 5.74) is -0.110. The first-order chi connectivity index (χ1) is 15.7. The van der Waals surface area contributed by atoms with Crippen molar-refractivity contribution in [3.63, 3.8) is 0 Å². The van der Waals surface area contributed by atoms with E-state index in [0.717, 1.165) is 12.8 Å². The first-order valence-corrected chi connectivity index (χ1v) is 11.5. The number of amides is 1. The predicted octanol–water partition coefficient (Wildman–Crippen LogP) is 3.40. The Kier molecular flexibility index (Phi) is 15.1. The number of nitrogens with zero attached hydrogens (tertiary/aromatic N) is 1. The van der Waals surface area contributed by atoms with Gasteiger partial charge in [0.05, 0.1) is 19.2 Å². The summed E-state index contributed by atoms with van der Waals surface area (Å²) in [6, 6.07) is 2.41. The lowest BCUT2D eigenvalue weighted by molar-refractivity contribution is -0.137. The summed E-state index contributed by atoms with van der Waals surface area (Å²) in [5, 5.41) is 2.61. The second-order valence-electron chi connectivity index (χ2n) is 8.19. The van der Waals surface area contributed by atoms with E-state index in [1.807, 2.05) is 0 Å². The molecule has 1 N–H and O–H groups in total. The number of ether oxygens (including phenoxy) is 1. The fraction of sp³-hybridized carbons (Fsp3) is 0.577. The fourth-order valence-corrected chi connectivity index (χ4v) is 3.23. The lowest BCUT2D eigenvalue weighted by atomic mass is 10.00. The molecule has 1 heterocycles.